The Morgan fingerprint density at radius 2 is 1.55 bits per heavy atom. The van der Waals surface area contributed by atoms with E-state index in [-0.39, 0.29) is 5.91 Å². The second kappa shape index (κ2) is 6.31. The number of carbonyl (C=O) groups is 1. The number of likely N-dealkylation sites (N-methyl/N-ethyl adjacent to an activating group) is 1. The van der Waals surface area contributed by atoms with Gasteiger partial charge in [0.15, 0.2) is 0 Å². The number of aromatic nitrogens is 1. The Morgan fingerprint density at radius 3 is 2.18 bits per heavy atom. The number of amides is 1. The Balaban J connectivity index is 1.69. The van der Waals surface area contributed by atoms with Gasteiger partial charge in [-0.1, -0.05) is 30.3 Å². The molecule has 0 atom stereocenters. The molecule has 2 aromatic carbocycles. The van der Waals surface area contributed by atoms with Gasteiger partial charge in [0.05, 0.1) is 6.42 Å². The summed E-state index contributed by atoms with van der Waals surface area (Å²) >= 11 is 0. The molecule has 0 saturated heterocycles. The molecule has 3 rings (SSSR count). The standard InChI is InChI=1S/C19H18N2O/c1-20(17-7-3-2-4-8-17)19(22)15-16-9-11-18(12-10-16)21-13-5-6-14-21/h2-14H,15H2,1H3. The van der Waals surface area contributed by atoms with Crippen molar-refractivity contribution in [1.82, 2.24) is 4.57 Å². The third-order valence-corrected chi connectivity index (χ3v) is 3.71. The molecule has 110 valence electrons. The molecule has 0 unspecified atom stereocenters. The third-order valence-electron chi connectivity index (χ3n) is 3.71. The van der Waals surface area contributed by atoms with Crippen LogP contribution in [0.3, 0.4) is 0 Å². The first-order valence-electron chi connectivity index (χ1n) is 7.28. The second-order valence-electron chi connectivity index (χ2n) is 5.22. The van der Waals surface area contributed by atoms with E-state index in [1.54, 1.807) is 4.90 Å². The smallest absolute Gasteiger partial charge is 0.231 e. The van der Waals surface area contributed by atoms with Gasteiger partial charge in [0.2, 0.25) is 5.91 Å². The molecular formula is C19H18N2O. The Hall–Kier alpha value is -2.81. The van der Waals surface area contributed by atoms with Gasteiger partial charge >= 0.3 is 0 Å². The Morgan fingerprint density at radius 1 is 0.909 bits per heavy atom. The number of para-hydroxylation sites is 1. The lowest BCUT2D eigenvalue weighted by Gasteiger charge is -2.17. The van der Waals surface area contributed by atoms with E-state index in [2.05, 4.69) is 0 Å². The van der Waals surface area contributed by atoms with Gasteiger partial charge in [-0.2, -0.15) is 0 Å². The summed E-state index contributed by atoms with van der Waals surface area (Å²) in [5.41, 5.74) is 3.03. The third kappa shape index (κ3) is 3.09. The summed E-state index contributed by atoms with van der Waals surface area (Å²) in [6, 6.07) is 21.8. The van der Waals surface area contributed by atoms with Gasteiger partial charge in [-0.25, -0.2) is 0 Å². The molecule has 0 fully saturated rings. The number of carbonyl (C=O) groups excluding carboxylic acids is 1. The van der Waals surface area contributed by atoms with Crippen LogP contribution >= 0.6 is 0 Å². The minimum atomic E-state index is 0.0833. The van der Waals surface area contributed by atoms with Crippen molar-refractivity contribution in [2.75, 3.05) is 11.9 Å². The molecule has 3 nitrogen and oxygen atoms in total. The molecule has 1 amide bonds. The molecule has 3 heteroatoms. The number of hydrogen-bond donors (Lipinski definition) is 0. The fourth-order valence-electron chi connectivity index (χ4n) is 2.38. The molecule has 0 bridgehead atoms. The van der Waals surface area contributed by atoms with Crippen LogP contribution in [-0.2, 0) is 11.2 Å². The van der Waals surface area contributed by atoms with E-state index in [9.17, 15) is 4.79 Å². The van der Waals surface area contributed by atoms with Gasteiger partial charge in [-0.3, -0.25) is 4.79 Å². The van der Waals surface area contributed by atoms with Crippen molar-refractivity contribution >= 4 is 11.6 Å². The van der Waals surface area contributed by atoms with Crippen molar-refractivity contribution in [2.45, 2.75) is 6.42 Å². The van der Waals surface area contributed by atoms with Gasteiger partial charge < -0.3 is 9.47 Å². The monoisotopic (exact) mass is 290 g/mol. The highest BCUT2D eigenvalue weighted by Crippen LogP contribution is 2.14. The summed E-state index contributed by atoms with van der Waals surface area (Å²) < 4.78 is 2.04. The molecule has 3 aromatic rings. The van der Waals surface area contributed by atoms with Crippen molar-refractivity contribution in [3.8, 4) is 5.69 Å². The molecule has 0 N–H and O–H groups in total. The molecule has 1 aromatic heterocycles. The highest BCUT2D eigenvalue weighted by Gasteiger charge is 2.11. The van der Waals surface area contributed by atoms with Crippen molar-refractivity contribution in [2.24, 2.45) is 0 Å². The van der Waals surface area contributed by atoms with Crippen LogP contribution in [0.5, 0.6) is 0 Å². The minimum Gasteiger partial charge on any atom is -0.324 e. The lowest BCUT2D eigenvalue weighted by molar-refractivity contribution is -0.117. The lowest BCUT2D eigenvalue weighted by Crippen LogP contribution is -2.27. The van der Waals surface area contributed by atoms with Crippen molar-refractivity contribution < 1.29 is 4.79 Å². The molecule has 0 radical (unpaired) electrons. The minimum absolute atomic E-state index is 0.0833. The summed E-state index contributed by atoms with van der Waals surface area (Å²) in [6.07, 6.45) is 4.41. The molecule has 0 spiro atoms. The highest BCUT2D eigenvalue weighted by molar-refractivity contribution is 5.94. The van der Waals surface area contributed by atoms with Crippen LogP contribution < -0.4 is 4.90 Å². The van der Waals surface area contributed by atoms with Crippen LogP contribution in [0.1, 0.15) is 5.56 Å². The predicted molar refractivity (Wildman–Crippen MR) is 89.3 cm³/mol. The second-order valence-corrected chi connectivity index (χ2v) is 5.22. The van der Waals surface area contributed by atoms with Gasteiger partial charge in [0.1, 0.15) is 0 Å². The topological polar surface area (TPSA) is 25.2 Å². The van der Waals surface area contributed by atoms with E-state index in [1.807, 2.05) is 90.7 Å². The normalized spacial score (nSPS) is 10.4. The summed E-state index contributed by atoms with van der Waals surface area (Å²) in [5.74, 6) is 0.0833. The predicted octanol–water partition coefficient (Wildman–Crippen LogP) is 3.68. The van der Waals surface area contributed by atoms with Crippen LogP contribution in [0.4, 0.5) is 5.69 Å². The van der Waals surface area contributed by atoms with E-state index < -0.39 is 0 Å². The average Bonchev–Trinajstić information content (AvgIpc) is 3.10. The maximum Gasteiger partial charge on any atom is 0.231 e. The van der Waals surface area contributed by atoms with Crippen LogP contribution in [0.15, 0.2) is 79.1 Å². The Kier molecular flexibility index (Phi) is 4.05. The van der Waals surface area contributed by atoms with Crippen LogP contribution in [-0.4, -0.2) is 17.5 Å². The molecule has 0 aliphatic rings. The van der Waals surface area contributed by atoms with E-state index >= 15 is 0 Å². The summed E-state index contributed by atoms with van der Waals surface area (Å²) in [4.78, 5) is 14.0. The highest BCUT2D eigenvalue weighted by atomic mass is 16.2. The fraction of sp³-hybridized carbons (Fsp3) is 0.105. The SMILES string of the molecule is CN(C(=O)Cc1ccc(-n2cccc2)cc1)c1ccccc1. The molecule has 0 aliphatic heterocycles. The number of benzene rings is 2. The van der Waals surface area contributed by atoms with Crippen LogP contribution in [0.2, 0.25) is 0 Å². The van der Waals surface area contributed by atoms with Gasteiger partial charge in [-0.15, -0.1) is 0 Å². The van der Waals surface area contributed by atoms with E-state index in [1.165, 1.54) is 0 Å². The van der Waals surface area contributed by atoms with E-state index in [0.29, 0.717) is 6.42 Å². The first-order chi connectivity index (χ1) is 10.7. The quantitative estimate of drug-likeness (QED) is 0.719. The number of anilines is 1. The Labute approximate surface area is 130 Å². The summed E-state index contributed by atoms with van der Waals surface area (Å²) in [7, 11) is 1.81. The molecular weight excluding hydrogens is 272 g/mol. The maximum atomic E-state index is 12.3. The summed E-state index contributed by atoms with van der Waals surface area (Å²) in [6.45, 7) is 0. The van der Waals surface area contributed by atoms with Crippen LogP contribution in [0.25, 0.3) is 5.69 Å². The van der Waals surface area contributed by atoms with Crippen LogP contribution in [0, 0.1) is 0 Å². The van der Waals surface area contributed by atoms with E-state index in [0.717, 1.165) is 16.9 Å². The van der Waals surface area contributed by atoms with E-state index in [4.69, 9.17) is 0 Å². The fourth-order valence-corrected chi connectivity index (χ4v) is 2.38. The first kappa shape index (κ1) is 14.1. The van der Waals surface area contributed by atoms with Gasteiger partial charge in [0, 0.05) is 30.8 Å². The summed E-state index contributed by atoms with van der Waals surface area (Å²) in [5, 5.41) is 0. The lowest BCUT2D eigenvalue weighted by atomic mass is 10.1. The zero-order valence-corrected chi connectivity index (χ0v) is 12.5. The molecule has 0 saturated carbocycles. The van der Waals surface area contributed by atoms with Gasteiger partial charge in [-0.05, 0) is 42.0 Å². The molecule has 22 heavy (non-hydrogen) atoms. The number of nitrogens with zero attached hydrogens (tertiary/aromatic N) is 2. The largest absolute Gasteiger partial charge is 0.324 e. The van der Waals surface area contributed by atoms with Crippen molar-refractivity contribution in [3.63, 3.8) is 0 Å². The molecule has 1 heterocycles. The van der Waals surface area contributed by atoms with Gasteiger partial charge in [0.25, 0.3) is 0 Å². The zero-order chi connectivity index (χ0) is 15.4. The molecule has 0 aliphatic carbocycles. The van der Waals surface area contributed by atoms with Crippen molar-refractivity contribution in [3.05, 3.63) is 84.7 Å². The number of rotatable bonds is 4. The first-order valence-corrected chi connectivity index (χ1v) is 7.28. The number of hydrogen-bond acceptors (Lipinski definition) is 1. The average molecular weight is 290 g/mol. The Bertz CT molecular complexity index is 731. The maximum absolute atomic E-state index is 12.3. The van der Waals surface area contributed by atoms with Crippen molar-refractivity contribution in [1.29, 1.82) is 0 Å². The zero-order valence-electron chi connectivity index (χ0n) is 12.5.